The van der Waals surface area contributed by atoms with Crippen molar-refractivity contribution in [1.29, 1.82) is 0 Å². The first kappa shape index (κ1) is 10.2. The van der Waals surface area contributed by atoms with Crippen molar-refractivity contribution in [1.82, 2.24) is 0 Å². The van der Waals surface area contributed by atoms with E-state index in [1.807, 2.05) is 6.92 Å². The van der Waals surface area contributed by atoms with Crippen molar-refractivity contribution in [3.8, 4) is 5.75 Å². The van der Waals surface area contributed by atoms with Gasteiger partial charge in [0, 0.05) is 10.8 Å². The summed E-state index contributed by atoms with van der Waals surface area (Å²) in [7, 11) is 0. The highest BCUT2D eigenvalue weighted by Gasteiger charge is 2.09. The number of rotatable bonds is 1. The Morgan fingerprint density at radius 3 is 2.67 bits per heavy atom. The van der Waals surface area contributed by atoms with E-state index in [1.54, 1.807) is 6.07 Å². The number of phenols is 1. The van der Waals surface area contributed by atoms with Gasteiger partial charge in [-0.25, -0.2) is 4.39 Å². The van der Waals surface area contributed by atoms with Crippen molar-refractivity contribution >= 4 is 22.4 Å². The maximum atomic E-state index is 13.0. The Balaban J connectivity index is 2.88. The smallest absolute Gasteiger partial charge is 0.123 e. The van der Waals surface area contributed by atoms with Crippen molar-refractivity contribution in [2.24, 2.45) is 0 Å². The highest BCUT2D eigenvalue weighted by Crippen LogP contribution is 2.34. The van der Waals surface area contributed by atoms with Gasteiger partial charge in [0.1, 0.15) is 11.6 Å². The van der Waals surface area contributed by atoms with Gasteiger partial charge < -0.3 is 5.11 Å². The molecule has 0 atom stereocenters. The molecule has 0 heterocycles. The second-order valence-electron chi connectivity index (χ2n) is 3.41. The summed E-state index contributed by atoms with van der Waals surface area (Å²) in [6.07, 6.45) is 0.707. The summed E-state index contributed by atoms with van der Waals surface area (Å²) in [5.74, 6) is -0.205. The van der Waals surface area contributed by atoms with Crippen LogP contribution in [0.3, 0.4) is 0 Å². The van der Waals surface area contributed by atoms with E-state index in [0.29, 0.717) is 22.2 Å². The van der Waals surface area contributed by atoms with Crippen molar-refractivity contribution in [2.45, 2.75) is 13.3 Å². The minimum Gasteiger partial charge on any atom is -0.507 e. The lowest BCUT2D eigenvalue weighted by molar-refractivity contribution is 0.481. The summed E-state index contributed by atoms with van der Waals surface area (Å²) in [6, 6.07) is 5.81. The van der Waals surface area contributed by atoms with Gasteiger partial charge in [-0.05, 0) is 36.2 Å². The van der Waals surface area contributed by atoms with Crippen molar-refractivity contribution in [3.05, 3.63) is 40.7 Å². The van der Waals surface area contributed by atoms with Crippen molar-refractivity contribution in [3.63, 3.8) is 0 Å². The Labute approximate surface area is 92.1 Å². The van der Waals surface area contributed by atoms with Crippen LogP contribution in [0.1, 0.15) is 12.5 Å². The number of benzene rings is 2. The Bertz CT molecular complexity index is 523. The minimum atomic E-state index is -0.350. The molecule has 2 aromatic carbocycles. The van der Waals surface area contributed by atoms with Gasteiger partial charge in [0.05, 0.1) is 5.02 Å². The molecule has 0 amide bonds. The fourth-order valence-electron chi connectivity index (χ4n) is 1.66. The van der Waals surface area contributed by atoms with E-state index in [-0.39, 0.29) is 11.6 Å². The summed E-state index contributed by atoms with van der Waals surface area (Å²) in [5.41, 5.74) is 0.826. The summed E-state index contributed by atoms with van der Waals surface area (Å²) in [4.78, 5) is 0. The Hall–Kier alpha value is -1.28. The molecule has 0 saturated heterocycles. The number of hydrogen-bond acceptors (Lipinski definition) is 1. The number of hydrogen-bond donors (Lipinski definition) is 1. The molecule has 0 bridgehead atoms. The monoisotopic (exact) mass is 224 g/mol. The first-order valence-corrected chi connectivity index (χ1v) is 5.11. The molecule has 0 unspecified atom stereocenters. The van der Waals surface area contributed by atoms with Crippen LogP contribution < -0.4 is 0 Å². The molecule has 0 fully saturated rings. The molecule has 0 saturated carbocycles. The zero-order chi connectivity index (χ0) is 11.0. The van der Waals surface area contributed by atoms with Gasteiger partial charge in [-0.1, -0.05) is 18.5 Å². The van der Waals surface area contributed by atoms with Crippen LogP contribution in [0.5, 0.6) is 5.75 Å². The number of phenolic OH excluding ortho intramolecular Hbond substituents is 1. The van der Waals surface area contributed by atoms with E-state index >= 15 is 0 Å². The molecule has 1 nitrogen and oxygen atoms in total. The van der Waals surface area contributed by atoms with Crippen LogP contribution in [0, 0.1) is 5.82 Å². The second-order valence-corrected chi connectivity index (χ2v) is 3.79. The average molecular weight is 225 g/mol. The van der Waals surface area contributed by atoms with Gasteiger partial charge in [-0.3, -0.25) is 0 Å². The quantitative estimate of drug-likeness (QED) is 0.779. The molecule has 2 rings (SSSR count). The zero-order valence-corrected chi connectivity index (χ0v) is 8.98. The molecule has 0 radical (unpaired) electrons. The van der Waals surface area contributed by atoms with Crippen LogP contribution in [0.15, 0.2) is 24.3 Å². The van der Waals surface area contributed by atoms with Gasteiger partial charge in [0.15, 0.2) is 0 Å². The Morgan fingerprint density at radius 1 is 1.27 bits per heavy atom. The normalized spacial score (nSPS) is 10.9. The highest BCUT2D eigenvalue weighted by molar-refractivity contribution is 6.36. The standard InChI is InChI=1S/C12H10ClFO/c1-2-7-5-11(15)9-4-3-8(14)6-10(9)12(7)13/h3-6,15H,2H2,1H3. The molecule has 0 aliphatic heterocycles. The fourth-order valence-corrected chi connectivity index (χ4v) is 2.00. The topological polar surface area (TPSA) is 20.2 Å². The van der Waals surface area contributed by atoms with Gasteiger partial charge in [-0.15, -0.1) is 0 Å². The third kappa shape index (κ3) is 1.65. The average Bonchev–Trinajstić information content (AvgIpc) is 2.23. The molecule has 0 aromatic heterocycles. The molecule has 15 heavy (non-hydrogen) atoms. The third-order valence-electron chi connectivity index (χ3n) is 2.47. The van der Waals surface area contributed by atoms with Gasteiger partial charge in [-0.2, -0.15) is 0 Å². The highest BCUT2D eigenvalue weighted by atomic mass is 35.5. The van der Waals surface area contributed by atoms with Gasteiger partial charge in [0.2, 0.25) is 0 Å². The molecule has 3 heteroatoms. The predicted octanol–water partition coefficient (Wildman–Crippen LogP) is 3.90. The van der Waals surface area contributed by atoms with Crippen molar-refractivity contribution < 1.29 is 9.50 Å². The minimum absolute atomic E-state index is 0.145. The van der Waals surface area contributed by atoms with Crippen molar-refractivity contribution in [2.75, 3.05) is 0 Å². The summed E-state index contributed by atoms with van der Waals surface area (Å²) in [6.45, 7) is 1.94. The van der Waals surface area contributed by atoms with E-state index in [2.05, 4.69) is 0 Å². The fraction of sp³-hybridized carbons (Fsp3) is 0.167. The maximum absolute atomic E-state index is 13.0. The number of fused-ring (bicyclic) bond motifs is 1. The van der Waals surface area contributed by atoms with Crippen LogP contribution in [0.25, 0.3) is 10.8 Å². The van der Waals surface area contributed by atoms with E-state index in [0.717, 1.165) is 5.56 Å². The van der Waals surface area contributed by atoms with Crippen LogP contribution in [-0.4, -0.2) is 5.11 Å². The Kier molecular flexibility index (Phi) is 2.53. The molecule has 0 aliphatic carbocycles. The first-order chi connectivity index (χ1) is 7.13. The Morgan fingerprint density at radius 2 is 2.00 bits per heavy atom. The van der Waals surface area contributed by atoms with E-state index in [1.165, 1.54) is 18.2 Å². The lowest BCUT2D eigenvalue weighted by Gasteiger charge is -2.08. The lowest BCUT2D eigenvalue weighted by atomic mass is 10.0. The first-order valence-electron chi connectivity index (χ1n) is 4.73. The molecule has 1 N–H and O–H groups in total. The SMILES string of the molecule is CCc1cc(O)c2ccc(F)cc2c1Cl. The van der Waals surface area contributed by atoms with E-state index in [4.69, 9.17) is 11.6 Å². The number of halogens is 2. The van der Waals surface area contributed by atoms with Gasteiger partial charge in [0.25, 0.3) is 0 Å². The zero-order valence-electron chi connectivity index (χ0n) is 8.22. The number of aryl methyl sites for hydroxylation is 1. The lowest BCUT2D eigenvalue weighted by Crippen LogP contribution is -1.86. The molecular formula is C12H10ClFO. The summed E-state index contributed by atoms with van der Waals surface area (Å²) >= 11 is 6.11. The van der Waals surface area contributed by atoms with Crippen LogP contribution in [-0.2, 0) is 6.42 Å². The van der Waals surface area contributed by atoms with Gasteiger partial charge >= 0.3 is 0 Å². The predicted molar refractivity (Wildman–Crippen MR) is 60.0 cm³/mol. The maximum Gasteiger partial charge on any atom is 0.123 e. The molecular weight excluding hydrogens is 215 g/mol. The molecule has 2 aromatic rings. The summed E-state index contributed by atoms with van der Waals surface area (Å²) < 4.78 is 13.0. The molecule has 0 aliphatic rings. The van der Waals surface area contributed by atoms with Crippen LogP contribution in [0.2, 0.25) is 5.02 Å². The summed E-state index contributed by atoms with van der Waals surface area (Å²) in [5, 5.41) is 11.4. The third-order valence-corrected chi connectivity index (χ3v) is 2.91. The second kappa shape index (κ2) is 3.70. The molecule has 78 valence electrons. The number of aromatic hydroxyl groups is 1. The van der Waals surface area contributed by atoms with E-state index in [9.17, 15) is 9.50 Å². The van der Waals surface area contributed by atoms with E-state index < -0.39 is 0 Å². The van der Waals surface area contributed by atoms with Crippen LogP contribution in [0.4, 0.5) is 4.39 Å². The largest absolute Gasteiger partial charge is 0.507 e. The molecule has 0 spiro atoms. The van der Waals surface area contributed by atoms with Crippen LogP contribution >= 0.6 is 11.6 Å².